The minimum absolute atomic E-state index is 0.00343. The standard InChI is InChI=1S/C16H27FN2/c1-6-16(7-2,19(4)5)15(18-8-3)13-11-9-10-12-14(13)17/h9-12,15,18H,6-8H2,1-5H3. The maximum absolute atomic E-state index is 14.2. The monoisotopic (exact) mass is 266 g/mol. The lowest BCUT2D eigenvalue weighted by atomic mass is 9.79. The van der Waals surface area contributed by atoms with E-state index in [2.05, 4.69) is 45.1 Å². The van der Waals surface area contributed by atoms with Crippen LogP contribution in [0.4, 0.5) is 4.39 Å². The van der Waals surface area contributed by atoms with Gasteiger partial charge >= 0.3 is 0 Å². The number of halogens is 1. The summed E-state index contributed by atoms with van der Waals surface area (Å²) in [5.41, 5.74) is 0.694. The molecular weight excluding hydrogens is 239 g/mol. The van der Waals surface area contributed by atoms with Gasteiger partial charge in [0.15, 0.2) is 0 Å². The van der Waals surface area contributed by atoms with Crippen LogP contribution in [0.3, 0.4) is 0 Å². The Hall–Kier alpha value is -0.930. The first-order chi connectivity index (χ1) is 9.03. The van der Waals surface area contributed by atoms with Gasteiger partial charge in [0.1, 0.15) is 5.82 Å². The van der Waals surface area contributed by atoms with Gasteiger partial charge in [-0.25, -0.2) is 4.39 Å². The lowest BCUT2D eigenvalue weighted by Gasteiger charge is -2.45. The van der Waals surface area contributed by atoms with Crippen molar-refractivity contribution in [2.24, 2.45) is 0 Å². The molecule has 1 rings (SSSR count). The SMILES string of the molecule is CCNC(c1ccccc1F)C(CC)(CC)N(C)C. The highest BCUT2D eigenvalue weighted by Gasteiger charge is 2.39. The molecule has 0 bridgehead atoms. The number of benzene rings is 1. The lowest BCUT2D eigenvalue weighted by Crippen LogP contribution is -2.53. The molecule has 0 amide bonds. The van der Waals surface area contributed by atoms with Gasteiger partial charge in [-0.15, -0.1) is 0 Å². The Morgan fingerprint density at radius 3 is 2.16 bits per heavy atom. The Morgan fingerprint density at radius 1 is 1.16 bits per heavy atom. The smallest absolute Gasteiger partial charge is 0.128 e. The predicted octanol–water partition coefficient (Wildman–Crippen LogP) is 3.60. The molecular formula is C16H27FN2. The van der Waals surface area contributed by atoms with Crippen molar-refractivity contribution >= 4 is 0 Å². The number of likely N-dealkylation sites (N-methyl/N-ethyl adjacent to an activating group) is 2. The Bertz CT molecular complexity index is 386. The highest BCUT2D eigenvalue weighted by Crippen LogP contribution is 2.36. The summed E-state index contributed by atoms with van der Waals surface area (Å²) in [6.07, 6.45) is 1.95. The minimum atomic E-state index is -0.124. The van der Waals surface area contributed by atoms with Crippen molar-refractivity contribution in [3.05, 3.63) is 35.6 Å². The summed E-state index contributed by atoms with van der Waals surface area (Å²) < 4.78 is 14.2. The molecule has 0 aliphatic rings. The van der Waals surface area contributed by atoms with Gasteiger partial charge in [-0.2, -0.15) is 0 Å². The number of nitrogens with one attached hydrogen (secondary N) is 1. The van der Waals surface area contributed by atoms with Crippen molar-refractivity contribution < 1.29 is 4.39 Å². The predicted molar refractivity (Wildman–Crippen MR) is 79.8 cm³/mol. The summed E-state index contributed by atoms with van der Waals surface area (Å²) in [4.78, 5) is 2.23. The summed E-state index contributed by atoms with van der Waals surface area (Å²) in [5.74, 6) is -0.124. The molecule has 3 heteroatoms. The van der Waals surface area contributed by atoms with Crippen LogP contribution in [0.2, 0.25) is 0 Å². The highest BCUT2D eigenvalue weighted by atomic mass is 19.1. The van der Waals surface area contributed by atoms with Crippen molar-refractivity contribution in [3.63, 3.8) is 0 Å². The van der Waals surface area contributed by atoms with Crippen LogP contribution < -0.4 is 5.32 Å². The zero-order valence-electron chi connectivity index (χ0n) is 12.8. The van der Waals surface area contributed by atoms with E-state index in [0.717, 1.165) is 24.9 Å². The van der Waals surface area contributed by atoms with Gasteiger partial charge in [-0.3, -0.25) is 0 Å². The summed E-state index contributed by atoms with van der Waals surface area (Å²) in [6.45, 7) is 7.25. The van der Waals surface area contributed by atoms with Crippen molar-refractivity contribution in [2.75, 3.05) is 20.6 Å². The van der Waals surface area contributed by atoms with E-state index in [1.165, 1.54) is 0 Å². The fraction of sp³-hybridized carbons (Fsp3) is 0.625. The van der Waals surface area contributed by atoms with Gasteiger partial charge in [0.05, 0.1) is 6.04 Å². The van der Waals surface area contributed by atoms with Crippen LogP contribution in [0.5, 0.6) is 0 Å². The Balaban J connectivity index is 3.29. The first-order valence-electron chi connectivity index (χ1n) is 7.18. The van der Waals surface area contributed by atoms with E-state index in [1.54, 1.807) is 12.1 Å². The van der Waals surface area contributed by atoms with Crippen molar-refractivity contribution in [3.8, 4) is 0 Å². The summed E-state index contributed by atoms with van der Waals surface area (Å²) in [6, 6.07) is 7.10. The number of nitrogens with zero attached hydrogens (tertiary/aromatic N) is 1. The van der Waals surface area contributed by atoms with Crippen LogP contribution in [-0.2, 0) is 0 Å². The quantitative estimate of drug-likeness (QED) is 0.811. The van der Waals surface area contributed by atoms with Crippen LogP contribution in [0.1, 0.15) is 45.2 Å². The molecule has 19 heavy (non-hydrogen) atoms. The molecule has 0 spiro atoms. The van der Waals surface area contributed by atoms with Gasteiger partial charge in [-0.1, -0.05) is 39.0 Å². The van der Waals surface area contributed by atoms with Crippen LogP contribution in [0.25, 0.3) is 0 Å². The maximum Gasteiger partial charge on any atom is 0.128 e. The summed E-state index contributed by atoms with van der Waals surface area (Å²) >= 11 is 0. The van der Waals surface area contributed by atoms with E-state index < -0.39 is 0 Å². The Labute approximate surface area is 117 Å². The molecule has 1 aromatic carbocycles. The van der Waals surface area contributed by atoms with E-state index in [4.69, 9.17) is 0 Å². The molecule has 1 N–H and O–H groups in total. The summed E-state index contributed by atoms with van der Waals surface area (Å²) in [5, 5.41) is 3.48. The molecule has 0 fully saturated rings. The third kappa shape index (κ3) is 3.15. The van der Waals surface area contributed by atoms with E-state index in [9.17, 15) is 4.39 Å². The highest BCUT2D eigenvalue weighted by molar-refractivity contribution is 5.25. The van der Waals surface area contributed by atoms with Crippen LogP contribution in [0, 0.1) is 5.82 Å². The summed E-state index contributed by atoms with van der Waals surface area (Å²) in [7, 11) is 4.16. The lowest BCUT2D eigenvalue weighted by molar-refractivity contribution is 0.0872. The second-order valence-corrected chi connectivity index (χ2v) is 5.22. The zero-order valence-corrected chi connectivity index (χ0v) is 12.8. The molecule has 1 atom stereocenters. The molecule has 108 valence electrons. The average molecular weight is 266 g/mol. The first-order valence-corrected chi connectivity index (χ1v) is 7.18. The molecule has 0 saturated heterocycles. The minimum Gasteiger partial charge on any atom is -0.309 e. The van der Waals surface area contributed by atoms with E-state index in [0.29, 0.717) is 0 Å². The van der Waals surface area contributed by atoms with E-state index >= 15 is 0 Å². The van der Waals surface area contributed by atoms with Gasteiger partial charge in [0.25, 0.3) is 0 Å². The maximum atomic E-state index is 14.2. The topological polar surface area (TPSA) is 15.3 Å². The molecule has 1 aromatic rings. The van der Waals surface area contributed by atoms with Gasteiger partial charge in [-0.05, 0) is 39.5 Å². The molecule has 0 aromatic heterocycles. The molecule has 0 radical (unpaired) electrons. The van der Waals surface area contributed by atoms with E-state index in [1.807, 2.05) is 12.1 Å². The van der Waals surface area contributed by atoms with Crippen LogP contribution >= 0.6 is 0 Å². The molecule has 0 aliphatic heterocycles. The molecule has 1 unspecified atom stereocenters. The number of rotatable bonds is 7. The largest absolute Gasteiger partial charge is 0.309 e. The Kier molecular flexibility index (Phi) is 5.95. The molecule has 2 nitrogen and oxygen atoms in total. The van der Waals surface area contributed by atoms with Crippen molar-refractivity contribution in [2.45, 2.75) is 45.2 Å². The number of hydrogen-bond acceptors (Lipinski definition) is 2. The fourth-order valence-corrected chi connectivity index (χ4v) is 3.05. The number of hydrogen-bond donors (Lipinski definition) is 1. The average Bonchev–Trinajstić information content (AvgIpc) is 2.40. The molecule has 0 saturated carbocycles. The molecule has 0 heterocycles. The van der Waals surface area contributed by atoms with Crippen molar-refractivity contribution in [1.82, 2.24) is 10.2 Å². The second-order valence-electron chi connectivity index (χ2n) is 5.22. The van der Waals surface area contributed by atoms with Crippen LogP contribution in [-0.4, -0.2) is 31.1 Å². The van der Waals surface area contributed by atoms with Gasteiger partial charge in [0, 0.05) is 11.1 Å². The van der Waals surface area contributed by atoms with E-state index in [-0.39, 0.29) is 17.4 Å². The van der Waals surface area contributed by atoms with Crippen molar-refractivity contribution in [1.29, 1.82) is 0 Å². The molecule has 0 aliphatic carbocycles. The Morgan fingerprint density at radius 2 is 1.74 bits per heavy atom. The van der Waals surface area contributed by atoms with Gasteiger partial charge in [0.2, 0.25) is 0 Å². The normalized spacial score (nSPS) is 13.8. The van der Waals surface area contributed by atoms with Gasteiger partial charge < -0.3 is 10.2 Å². The fourth-order valence-electron chi connectivity index (χ4n) is 3.05. The zero-order chi connectivity index (χ0) is 14.5. The first kappa shape index (κ1) is 16.1. The second kappa shape index (κ2) is 7.01. The third-order valence-electron chi connectivity index (χ3n) is 4.28. The third-order valence-corrected chi connectivity index (χ3v) is 4.28. The van der Waals surface area contributed by atoms with Crippen LogP contribution in [0.15, 0.2) is 24.3 Å².